The molecule has 1 aromatic heterocycles. The van der Waals surface area contributed by atoms with Gasteiger partial charge in [0.1, 0.15) is 5.82 Å². The molecule has 116 valence electrons. The molecular weight excluding hydrogens is 330 g/mol. The van der Waals surface area contributed by atoms with Crippen LogP contribution >= 0.6 is 15.9 Å². The van der Waals surface area contributed by atoms with Crippen molar-refractivity contribution in [2.45, 2.75) is 46.5 Å². The quantitative estimate of drug-likeness (QED) is 0.836. The van der Waals surface area contributed by atoms with Crippen molar-refractivity contribution in [1.82, 2.24) is 4.98 Å². The van der Waals surface area contributed by atoms with Gasteiger partial charge in [-0.25, -0.2) is 4.98 Å². The van der Waals surface area contributed by atoms with Gasteiger partial charge < -0.3 is 11.1 Å². The third-order valence-electron chi connectivity index (χ3n) is 4.43. The molecule has 0 aromatic carbocycles. The van der Waals surface area contributed by atoms with Gasteiger partial charge >= 0.3 is 0 Å². The van der Waals surface area contributed by atoms with E-state index in [4.69, 9.17) is 5.73 Å². The number of pyridine rings is 1. The number of aromatic nitrogens is 1. The monoisotopic (exact) mass is 353 g/mol. The number of hydrogen-bond donors (Lipinski definition) is 2. The maximum atomic E-state index is 12.4. The van der Waals surface area contributed by atoms with E-state index in [9.17, 15) is 4.79 Å². The lowest BCUT2D eigenvalue weighted by Gasteiger charge is -2.36. The maximum Gasteiger partial charge on any atom is 0.228 e. The van der Waals surface area contributed by atoms with E-state index < -0.39 is 0 Å². The number of anilines is 2. The van der Waals surface area contributed by atoms with E-state index in [-0.39, 0.29) is 11.8 Å². The Hall–Kier alpha value is -1.10. The second kappa shape index (κ2) is 6.34. The molecule has 1 amide bonds. The van der Waals surface area contributed by atoms with E-state index in [0.717, 1.165) is 30.2 Å². The zero-order valence-corrected chi connectivity index (χ0v) is 14.5. The highest BCUT2D eigenvalue weighted by atomic mass is 79.9. The van der Waals surface area contributed by atoms with E-state index in [0.29, 0.717) is 22.8 Å². The van der Waals surface area contributed by atoms with E-state index in [2.05, 4.69) is 47.0 Å². The lowest BCUT2D eigenvalue weighted by molar-refractivity contribution is -0.121. The summed E-state index contributed by atoms with van der Waals surface area (Å²) in [5.74, 6) is 1.42. The molecule has 0 unspecified atom stereocenters. The van der Waals surface area contributed by atoms with E-state index in [1.807, 2.05) is 0 Å². The average molecular weight is 354 g/mol. The predicted octanol–water partition coefficient (Wildman–Crippen LogP) is 4.22. The van der Waals surface area contributed by atoms with Crippen LogP contribution in [0.1, 0.15) is 46.5 Å². The normalized spacial score (nSPS) is 22.9. The maximum absolute atomic E-state index is 12.4. The van der Waals surface area contributed by atoms with Crippen molar-refractivity contribution in [3.05, 3.63) is 16.7 Å². The third-order valence-corrected chi connectivity index (χ3v) is 5.03. The minimum atomic E-state index is 0.0698. The standard InChI is InChI=1S/C16H24BrN3O/c1-16(2,3)11-6-4-10(5-7-11)15(21)20-14-13(17)8-12(18)9-19-14/h8-11H,4-7,18H2,1-3H3,(H,19,20,21). The van der Waals surface area contributed by atoms with Gasteiger partial charge in [0.15, 0.2) is 0 Å². The Labute approximate surface area is 135 Å². The molecule has 1 fully saturated rings. The smallest absolute Gasteiger partial charge is 0.228 e. The van der Waals surface area contributed by atoms with Crippen molar-refractivity contribution >= 4 is 33.3 Å². The molecule has 1 aliphatic rings. The first kappa shape index (κ1) is 16.3. The summed E-state index contributed by atoms with van der Waals surface area (Å²) in [5.41, 5.74) is 6.56. The van der Waals surface area contributed by atoms with Crippen molar-refractivity contribution < 1.29 is 4.79 Å². The van der Waals surface area contributed by atoms with Crippen molar-refractivity contribution in [1.29, 1.82) is 0 Å². The summed E-state index contributed by atoms with van der Waals surface area (Å²) in [4.78, 5) is 16.5. The number of carbonyl (C=O) groups is 1. The highest BCUT2D eigenvalue weighted by Gasteiger charge is 2.32. The summed E-state index contributed by atoms with van der Waals surface area (Å²) in [7, 11) is 0. The van der Waals surface area contributed by atoms with E-state index >= 15 is 0 Å². The molecule has 0 bridgehead atoms. The Kier molecular flexibility index (Phi) is 4.91. The number of nitrogens with two attached hydrogens (primary N) is 1. The molecule has 0 spiro atoms. The van der Waals surface area contributed by atoms with Crippen LogP contribution in [0.2, 0.25) is 0 Å². The van der Waals surface area contributed by atoms with E-state index in [1.54, 1.807) is 12.3 Å². The molecule has 0 atom stereocenters. The lowest BCUT2D eigenvalue weighted by atomic mass is 9.70. The summed E-state index contributed by atoms with van der Waals surface area (Å²) in [6.45, 7) is 6.86. The number of nitrogen functional groups attached to an aromatic ring is 1. The fourth-order valence-corrected chi connectivity index (χ4v) is 3.45. The number of nitrogens with one attached hydrogen (secondary N) is 1. The fourth-order valence-electron chi connectivity index (χ4n) is 2.99. The number of carbonyl (C=O) groups excluding carboxylic acids is 1. The van der Waals surface area contributed by atoms with Gasteiger partial charge in [-0.05, 0) is 59.0 Å². The first-order valence-electron chi connectivity index (χ1n) is 7.49. The minimum Gasteiger partial charge on any atom is -0.397 e. The van der Waals surface area contributed by atoms with Crippen LogP contribution in [0.15, 0.2) is 16.7 Å². The zero-order valence-electron chi connectivity index (χ0n) is 12.9. The van der Waals surface area contributed by atoms with Crippen molar-refractivity contribution in [3.63, 3.8) is 0 Å². The van der Waals surface area contributed by atoms with Crippen LogP contribution in [-0.2, 0) is 4.79 Å². The molecule has 4 nitrogen and oxygen atoms in total. The molecule has 1 aromatic rings. The highest BCUT2D eigenvalue weighted by Crippen LogP contribution is 2.40. The largest absolute Gasteiger partial charge is 0.397 e. The Morgan fingerprint density at radius 3 is 2.48 bits per heavy atom. The molecule has 0 saturated heterocycles. The minimum absolute atomic E-state index is 0.0698. The third kappa shape index (κ3) is 4.19. The number of rotatable bonds is 2. The van der Waals surface area contributed by atoms with Gasteiger partial charge in [-0.3, -0.25) is 4.79 Å². The SMILES string of the molecule is CC(C)(C)C1CCC(C(=O)Nc2ncc(N)cc2Br)CC1. The topological polar surface area (TPSA) is 68.0 Å². The molecule has 3 N–H and O–H groups in total. The molecule has 1 heterocycles. The molecule has 1 aliphatic carbocycles. The van der Waals surface area contributed by atoms with Gasteiger partial charge in [-0.2, -0.15) is 0 Å². The molecule has 2 rings (SSSR count). The number of halogens is 1. The second-order valence-corrected chi connectivity index (χ2v) is 7.86. The number of amides is 1. The molecule has 5 heteroatoms. The van der Waals surface area contributed by atoms with Gasteiger partial charge in [0.2, 0.25) is 5.91 Å². The first-order chi connectivity index (χ1) is 9.77. The van der Waals surface area contributed by atoms with Gasteiger partial charge in [-0.15, -0.1) is 0 Å². The van der Waals surface area contributed by atoms with Gasteiger partial charge in [-0.1, -0.05) is 20.8 Å². The molecule has 21 heavy (non-hydrogen) atoms. The van der Waals surface area contributed by atoms with Gasteiger partial charge in [0.05, 0.1) is 16.4 Å². The summed E-state index contributed by atoms with van der Waals surface area (Å²) in [5, 5.41) is 2.91. The summed E-state index contributed by atoms with van der Waals surface area (Å²) >= 11 is 3.38. The first-order valence-corrected chi connectivity index (χ1v) is 8.28. The summed E-state index contributed by atoms with van der Waals surface area (Å²) < 4.78 is 0.722. The zero-order chi connectivity index (χ0) is 15.6. The lowest BCUT2D eigenvalue weighted by Crippen LogP contribution is -2.31. The van der Waals surface area contributed by atoms with Gasteiger partial charge in [0, 0.05) is 5.92 Å². The van der Waals surface area contributed by atoms with Crippen LogP contribution in [0.4, 0.5) is 11.5 Å². The molecular formula is C16H24BrN3O. The highest BCUT2D eigenvalue weighted by molar-refractivity contribution is 9.10. The van der Waals surface area contributed by atoms with Crippen molar-refractivity contribution in [3.8, 4) is 0 Å². The van der Waals surface area contributed by atoms with Crippen LogP contribution in [-0.4, -0.2) is 10.9 Å². The van der Waals surface area contributed by atoms with Crippen LogP contribution in [0.5, 0.6) is 0 Å². The van der Waals surface area contributed by atoms with Crippen molar-refractivity contribution in [2.75, 3.05) is 11.1 Å². The van der Waals surface area contributed by atoms with Gasteiger partial charge in [0.25, 0.3) is 0 Å². The van der Waals surface area contributed by atoms with Crippen LogP contribution in [0, 0.1) is 17.3 Å². The number of nitrogens with zero attached hydrogens (tertiary/aromatic N) is 1. The Morgan fingerprint density at radius 2 is 1.95 bits per heavy atom. The van der Waals surface area contributed by atoms with E-state index in [1.165, 1.54) is 0 Å². The summed E-state index contributed by atoms with van der Waals surface area (Å²) in [6, 6.07) is 1.75. The predicted molar refractivity (Wildman–Crippen MR) is 89.9 cm³/mol. The molecule has 0 radical (unpaired) electrons. The Morgan fingerprint density at radius 1 is 1.33 bits per heavy atom. The fraction of sp³-hybridized carbons (Fsp3) is 0.625. The molecule has 0 aliphatic heterocycles. The number of hydrogen-bond acceptors (Lipinski definition) is 3. The van der Waals surface area contributed by atoms with Crippen molar-refractivity contribution in [2.24, 2.45) is 17.3 Å². The second-order valence-electron chi connectivity index (χ2n) is 7.00. The van der Waals surface area contributed by atoms with Crippen LogP contribution < -0.4 is 11.1 Å². The van der Waals surface area contributed by atoms with Crippen LogP contribution in [0.25, 0.3) is 0 Å². The van der Waals surface area contributed by atoms with Crippen LogP contribution in [0.3, 0.4) is 0 Å². The Bertz CT molecular complexity index is 517. The summed E-state index contributed by atoms with van der Waals surface area (Å²) in [6.07, 6.45) is 5.72. The molecule has 1 saturated carbocycles. The average Bonchev–Trinajstić information content (AvgIpc) is 2.41. The Balaban J connectivity index is 1.93.